The lowest BCUT2D eigenvalue weighted by molar-refractivity contribution is -0.141. The summed E-state index contributed by atoms with van der Waals surface area (Å²) in [7, 11) is 0. The second-order valence-corrected chi connectivity index (χ2v) is 5.85. The number of hydrogen-bond acceptors (Lipinski definition) is 2. The van der Waals surface area contributed by atoms with E-state index in [0.717, 1.165) is 12.8 Å². The van der Waals surface area contributed by atoms with Crippen molar-refractivity contribution in [1.29, 1.82) is 0 Å². The van der Waals surface area contributed by atoms with Crippen LogP contribution in [0.25, 0.3) is 0 Å². The van der Waals surface area contributed by atoms with Crippen LogP contribution in [-0.2, 0) is 9.53 Å². The third-order valence-corrected chi connectivity index (χ3v) is 4.92. The van der Waals surface area contributed by atoms with Crippen LogP contribution in [0.1, 0.15) is 26.7 Å². The number of hydrogen-bond donors (Lipinski definition) is 0. The molecule has 0 aromatic heterocycles. The second kappa shape index (κ2) is 3.67. The van der Waals surface area contributed by atoms with Crippen LogP contribution < -0.4 is 0 Å². The highest BCUT2D eigenvalue weighted by Crippen LogP contribution is 2.61. The number of ether oxygens (including phenoxy) is 1. The standard InChI is InChI=1S/C16H20O2/c1-4-6-12-8-13-11(3)9-15(12,7-5-2)14(17)16(13)10-18-16/h4-6,9,12-13H,2,7-8,10H2,1,3H3/b6-4+/t12?,13-,15-,16?/m0/s1. The van der Waals surface area contributed by atoms with Gasteiger partial charge in [-0.3, -0.25) is 4.79 Å². The lowest BCUT2D eigenvalue weighted by Gasteiger charge is -2.50. The zero-order valence-corrected chi connectivity index (χ0v) is 11.1. The SMILES string of the molecule is C=CC[C@]12C=C(C)[C@H](CC1/C=C/C)C1(CO1)C2=O. The largest absolute Gasteiger partial charge is 0.361 e. The fourth-order valence-electron chi connectivity index (χ4n) is 4.04. The Morgan fingerprint density at radius 1 is 1.61 bits per heavy atom. The summed E-state index contributed by atoms with van der Waals surface area (Å²) < 4.78 is 5.60. The van der Waals surface area contributed by atoms with E-state index in [1.54, 1.807) is 0 Å². The monoisotopic (exact) mass is 244 g/mol. The van der Waals surface area contributed by atoms with E-state index >= 15 is 0 Å². The van der Waals surface area contributed by atoms with Gasteiger partial charge in [0.25, 0.3) is 0 Å². The number of fused-ring (bicyclic) bond motifs is 1. The molecule has 0 N–H and O–H groups in total. The molecule has 0 aromatic carbocycles. The number of epoxide rings is 1. The maximum absolute atomic E-state index is 12.9. The summed E-state index contributed by atoms with van der Waals surface area (Å²) in [6.07, 6.45) is 10.1. The van der Waals surface area contributed by atoms with Gasteiger partial charge >= 0.3 is 0 Å². The first-order valence-electron chi connectivity index (χ1n) is 6.72. The number of allylic oxidation sites excluding steroid dienone is 4. The molecule has 2 unspecified atom stereocenters. The molecule has 3 aliphatic carbocycles. The van der Waals surface area contributed by atoms with Gasteiger partial charge in [-0.15, -0.1) is 6.58 Å². The molecule has 0 aromatic rings. The summed E-state index contributed by atoms with van der Waals surface area (Å²) >= 11 is 0. The van der Waals surface area contributed by atoms with E-state index in [1.165, 1.54) is 5.57 Å². The minimum absolute atomic E-state index is 0.290. The van der Waals surface area contributed by atoms with Gasteiger partial charge in [0.05, 0.1) is 12.0 Å². The van der Waals surface area contributed by atoms with Crippen molar-refractivity contribution in [2.45, 2.75) is 32.3 Å². The minimum atomic E-state index is -0.472. The molecule has 1 saturated carbocycles. The Hall–Kier alpha value is -1.15. The smallest absolute Gasteiger partial charge is 0.178 e. The fraction of sp³-hybridized carbons (Fsp3) is 0.562. The molecule has 2 heteroatoms. The Balaban J connectivity index is 2.13. The van der Waals surface area contributed by atoms with E-state index in [1.807, 2.05) is 13.0 Å². The van der Waals surface area contributed by atoms with Gasteiger partial charge in [-0.1, -0.05) is 29.9 Å². The normalized spacial score (nSPS) is 45.7. The number of carbonyl (C=O) groups is 1. The molecule has 1 heterocycles. The first-order valence-corrected chi connectivity index (χ1v) is 6.72. The Bertz CT molecular complexity index is 467. The lowest BCUT2D eigenvalue weighted by Crippen LogP contribution is -2.57. The first kappa shape index (κ1) is 11.9. The van der Waals surface area contributed by atoms with Gasteiger partial charge in [0.1, 0.15) is 0 Å². The first-order chi connectivity index (χ1) is 8.60. The Kier molecular flexibility index (Phi) is 2.43. The summed E-state index contributed by atoms with van der Waals surface area (Å²) in [4.78, 5) is 12.9. The van der Waals surface area contributed by atoms with Crippen LogP contribution in [0.2, 0.25) is 0 Å². The maximum atomic E-state index is 12.9. The Labute approximate surface area is 108 Å². The van der Waals surface area contributed by atoms with Gasteiger partial charge in [0, 0.05) is 5.92 Å². The highest BCUT2D eigenvalue weighted by atomic mass is 16.6. The molecule has 1 saturated heterocycles. The molecule has 2 nitrogen and oxygen atoms in total. The molecule has 1 aliphatic heterocycles. The molecular weight excluding hydrogens is 224 g/mol. The van der Waals surface area contributed by atoms with Crippen LogP contribution in [-0.4, -0.2) is 18.0 Å². The highest BCUT2D eigenvalue weighted by molar-refractivity contribution is 6.00. The minimum Gasteiger partial charge on any atom is -0.361 e. The third-order valence-electron chi connectivity index (χ3n) is 4.92. The van der Waals surface area contributed by atoms with Crippen molar-refractivity contribution in [3.05, 3.63) is 36.5 Å². The van der Waals surface area contributed by atoms with E-state index in [2.05, 4.69) is 31.7 Å². The van der Waals surface area contributed by atoms with Gasteiger partial charge in [-0.05, 0) is 32.6 Å². The number of ketones is 1. The molecule has 4 aliphatic rings. The Morgan fingerprint density at radius 3 is 2.89 bits per heavy atom. The van der Waals surface area contributed by atoms with Gasteiger partial charge in [0.2, 0.25) is 0 Å². The summed E-state index contributed by atoms with van der Waals surface area (Å²) in [5.74, 6) is 0.884. The van der Waals surface area contributed by atoms with E-state index in [9.17, 15) is 4.79 Å². The average Bonchev–Trinajstić information content (AvgIpc) is 3.11. The van der Waals surface area contributed by atoms with Crippen molar-refractivity contribution < 1.29 is 9.53 Å². The predicted molar refractivity (Wildman–Crippen MR) is 71.1 cm³/mol. The second-order valence-electron chi connectivity index (χ2n) is 5.85. The van der Waals surface area contributed by atoms with Gasteiger partial charge < -0.3 is 4.74 Å². The molecule has 18 heavy (non-hydrogen) atoms. The molecule has 4 atom stereocenters. The van der Waals surface area contributed by atoms with Crippen molar-refractivity contribution in [2.24, 2.45) is 17.3 Å². The van der Waals surface area contributed by atoms with E-state index < -0.39 is 11.0 Å². The quantitative estimate of drug-likeness (QED) is 0.564. The van der Waals surface area contributed by atoms with E-state index in [-0.39, 0.29) is 5.92 Å². The molecule has 2 bridgehead atoms. The van der Waals surface area contributed by atoms with Crippen LogP contribution in [0.4, 0.5) is 0 Å². The zero-order chi connectivity index (χ0) is 13.0. The van der Waals surface area contributed by atoms with Crippen LogP contribution >= 0.6 is 0 Å². The molecule has 2 fully saturated rings. The molecule has 4 rings (SSSR count). The molecule has 96 valence electrons. The van der Waals surface area contributed by atoms with Crippen molar-refractivity contribution in [3.63, 3.8) is 0 Å². The van der Waals surface area contributed by atoms with E-state index in [0.29, 0.717) is 18.3 Å². The summed E-state index contributed by atoms with van der Waals surface area (Å²) in [5.41, 5.74) is 0.457. The summed E-state index contributed by atoms with van der Waals surface area (Å²) in [6.45, 7) is 8.62. The lowest BCUT2D eigenvalue weighted by atomic mass is 9.51. The maximum Gasteiger partial charge on any atom is 0.178 e. The van der Waals surface area contributed by atoms with Crippen LogP contribution in [0.3, 0.4) is 0 Å². The number of rotatable bonds is 3. The summed E-state index contributed by atoms with van der Waals surface area (Å²) in [5, 5.41) is 0. The predicted octanol–water partition coefficient (Wildman–Crippen LogP) is 3.06. The Morgan fingerprint density at radius 2 is 2.33 bits per heavy atom. The molecule has 0 radical (unpaired) electrons. The zero-order valence-electron chi connectivity index (χ0n) is 11.1. The fourth-order valence-corrected chi connectivity index (χ4v) is 4.04. The van der Waals surface area contributed by atoms with Crippen molar-refractivity contribution in [2.75, 3.05) is 6.61 Å². The highest BCUT2D eigenvalue weighted by Gasteiger charge is 2.70. The molecule has 0 amide bonds. The third kappa shape index (κ3) is 1.24. The average molecular weight is 244 g/mol. The molecular formula is C16H20O2. The van der Waals surface area contributed by atoms with Crippen molar-refractivity contribution in [3.8, 4) is 0 Å². The van der Waals surface area contributed by atoms with Gasteiger partial charge in [0.15, 0.2) is 11.4 Å². The van der Waals surface area contributed by atoms with Gasteiger partial charge in [-0.2, -0.15) is 0 Å². The molecule has 1 spiro atoms. The van der Waals surface area contributed by atoms with Crippen molar-refractivity contribution >= 4 is 5.78 Å². The van der Waals surface area contributed by atoms with Crippen LogP contribution in [0.15, 0.2) is 36.5 Å². The van der Waals surface area contributed by atoms with Crippen LogP contribution in [0.5, 0.6) is 0 Å². The topological polar surface area (TPSA) is 29.6 Å². The van der Waals surface area contributed by atoms with E-state index in [4.69, 9.17) is 4.74 Å². The van der Waals surface area contributed by atoms with Crippen molar-refractivity contribution in [1.82, 2.24) is 0 Å². The number of Topliss-reactive ketones (excluding diaryl/α,β-unsaturated/α-hetero) is 1. The van der Waals surface area contributed by atoms with Crippen LogP contribution in [0, 0.1) is 17.3 Å². The number of carbonyl (C=O) groups excluding carboxylic acids is 1. The van der Waals surface area contributed by atoms with Gasteiger partial charge in [-0.25, -0.2) is 0 Å². The summed E-state index contributed by atoms with van der Waals surface area (Å²) in [6, 6.07) is 0.